The summed E-state index contributed by atoms with van der Waals surface area (Å²) in [6.07, 6.45) is 1.32. The lowest BCUT2D eigenvalue weighted by atomic mass is 9.95. The number of nitrogens with zero attached hydrogens (tertiary/aromatic N) is 1. The zero-order valence-electron chi connectivity index (χ0n) is 11.3. The number of aliphatic imine (C=N–C) groups is 1. The fraction of sp³-hybridized carbons (Fsp3) is 0.533. The van der Waals surface area contributed by atoms with Crippen LogP contribution in [0.25, 0.3) is 0 Å². The quantitative estimate of drug-likeness (QED) is 0.868. The van der Waals surface area contributed by atoms with E-state index in [2.05, 4.69) is 46.8 Å². The van der Waals surface area contributed by atoms with Crippen LogP contribution in [0.4, 0.5) is 0 Å². The fourth-order valence-electron chi connectivity index (χ4n) is 2.74. The molecule has 1 saturated heterocycles. The average molecular weight is 259 g/mol. The molecule has 102 valence electrons. The minimum atomic E-state index is 0.216. The third-order valence-corrected chi connectivity index (χ3v) is 3.78. The molecule has 0 amide bonds. The van der Waals surface area contributed by atoms with Crippen LogP contribution in [-0.4, -0.2) is 31.7 Å². The second-order valence-corrected chi connectivity index (χ2v) is 5.37. The van der Waals surface area contributed by atoms with Crippen molar-refractivity contribution in [2.75, 3.05) is 19.7 Å². The maximum atomic E-state index is 5.89. The van der Waals surface area contributed by atoms with Crippen molar-refractivity contribution in [3.05, 3.63) is 35.9 Å². The van der Waals surface area contributed by atoms with E-state index in [-0.39, 0.29) is 6.10 Å². The number of benzene rings is 1. The first-order valence-corrected chi connectivity index (χ1v) is 7.04. The van der Waals surface area contributed by atoms with Gasteiger partial charge in [-0.25, -0.2) is 0 Å². The molecular formula is C15H21N3O. The number of rotatable bonds is 3. The monoisotopic (exact) mass is 259 g/mol. The summed E-state index contributed by atoms with van der Waals surface area (Å²) in [4.78, 5) is 4.43. The maximum absolute atomic E-state index is 5.89. The van der Waals surface area contributed by atoms with Crippen LogP contribution in [0.3, 0.4) is 0 Å². The van der Waals surface area contributed by atoms with E-state index in [0.717, 1.165) is 32.1 Å². The second kappa shape index (κ2) is 5.61. The second-order valence-electron chi connectivity index (χ2n) is 5.37. The average Bonchev–Trinajstić information content (AvgIpc) is 3.06. The molecule has 0 bridgehead atoms. The van der Waals surface area contributed by atoms with Crippen molar-refractivity contribution in [2.45, 2.75) is 25.5 Å². The third kappa shape index (κ3) is 2.89. The van der Waals surface area contributed by atoms with Crippen molar-refractivity contribution in [3.8, 4) is 0 Å². The molecule has 2 aliphatic heterocycles. The van der Waals surface area contributed by atoms with Crippen LogP contribution < -0.4 is 10.6 Å². The van der Waals surface area contributed by atoms with Gasteiger partial charge in [0, 0.05) is 25.1 Å². The fourth-order valence-corrected chi connectivity index (χ4v) is 2.74. The molecule has 4 nitrogen and oxygen atoms in total. The molecule has 0 radical (unpaired) electrons. The van der Waals surface area contributed by atoms with Gasteiger partial charge in [-0.05, 0) is 18.9 Å². The van der Waals surface area contributed by atoms with E-state index < -0.39 is 0 Å². The lowest BCUT2D eigenvalue weighted by Crippen LogP contribution is -2.40. The molecule has 4 heteroatoms. The summed E-state index contributed by atoms with van der Waals surface area (Å²) in [6, 6.07) is 10.9. The predicted molar refractivity (Wildman–Crippen MR) is 76.1 cm³/mol. The van der Waals surface area contributed by atoms with Crippen molar-refractivity contribution in [1.82, 2.24) is 10.6 Å². The lowest BCUT2D eigenvalue weighted by Gasteiger charge is -2.20. The van der Waals surface area contributed by atoms with Crippen LogP contribution in [0.5, 0.6) is 0 Å². The van der Waals surface area contributed by atoms with Gasteiger partial charge in [0.05, 0.1) is 12.6 Å². The topological polar surface area (TPSA) is 45.7 Å². The molecule has 1 aromatic rings. The van der Waals surface area contributed by atoms with Crippen molar-refractivity contribution in [1.29, 1.82) is 0 Å². The Morgan fingerprint density at radius 1 is 1.37 bits per heavy atom. The Morgan fingerprint density at radius 2 is 2.21 bits per heavy atom. The van der Waals surface area contributed by atoms with E-state index in [0.29, 0.717) is 12.0 Å². The highest BCUT2D eigenvalue weighted by Crippen LogP contribution is 2.33. The lowest BCUT2D eigenvalue weighted by molar-refractivity contribution is 0.0915. The van der Waals surface area contributed by atoms with E-state index in [4.69, 9.17) is 4.74 Å². The van der Waals surface area contributed by atoms with Crippen LogP contribution in [0.15, 0.2) is 35.3 Å². The standard InChI is InChI=1S/C15H21N3O/c1-11-9-16-15(18-11)17-10-13-7-8-19-14(13)12-5-3-2-4-6-12/h2-6,11,13-14H,7-10H2,1H3,(H2,16,17,18)/t11?,13-,14-/m0/s1. The highest BCUT2D eigenvalue weighted by atomic mass is 16.5. The Bertz CT molecular complexity index is 446. The summed E-state index contributed by atoms with van der Waals surface area (Å²) in [6.45, 7) is 4.77. The van der Waals surface area contributed by atoms with Crippen LogP contribution in [-0.2, 0) is 4.74 Å². The van der Waals surface area contributed by atoms with Crippen LogP contribution in [0.2, 0.25) is 0 Å². The summed E-state index contributed by atoms with van der Waals surface area (Å²) in [5.74, 6) is 1.45. The Hall–Kier alpha value is -1.55. The first kappa shape index (κ1) is 12.5. The summed E-state index contributed by atoms with van der Waals surface area (Å²) >= 11 is 0. The number of ether oxygens (including phenoxy) is 1. The third-order valence-electron chi connectivity index (χ3n) is 3.78. The molecule has 0 spiro atoms. The highest BCUT2D eigenvalue weighted by molar-refractivity contribution is 5.81. The summed E-state index contributed by atoms with van der Waals surface area (Å²) in [5.41, 5.74) is 1.28. The van der Waals surface area contributed by atoms with Crippen LogP contribution in [0, 0.1) is 5.92 Å². The van der Waals surface area contributed by atoms with E-state index in [9.17, 15) is 0 Å². The molecule has 19 heavy (non-hydrogen) atoms. The van der Waals surface area contributed by atoms with Gasteiger partial charge >= 0.3 is 0 Å². The first-order chi connectivity index (χ1) is 9.33. The smallest absolute Gasteiger partial charge is 0.191 e. The molecule has 3 atom stereocenters. The van der Waals surface area contributed by atoms with Gasteiger partial charge in [-0.1, -0.05) is 30.3 Å². The molecule has 0 aromatic heterocycles. The SMILES string of the molecule is CC1CN=C(NC[C@@H]2CCO[C@H]2c2ccccc2)N1. The highest BCUT2D eigenvalue weighted by Gasteiger charge is 2.29. The number of guanidine groups is 1. The molecule has 3 rings (SSSR count). The molecule has 2 aliphatic rings. The Labute approximate surface area is 114 Å². The molecule has 0 saturated carbocycles. The number of hydrogen-bond donors (Lipinski definition) is 2. The van der Waals surface area contributed by atoms with E-state index in [1.165, 1.54) is 5.56 Å². The molecule has 2 heterocycles. The zero-order chi connectivity index (χ0) is 13.1. The van der Waals surface area contributed by atoms with Crippen molar-refractivity contribution in [2.24, 2.45) is 10.9 Å². The summed E-state index contributed by atoms with van der Waals surface area (Å²) in [7, 11) is 0. The van der Waals surface area contributed by atoms with E-state index in [1.807, 2.05) is 6.07 Å². The van der Waals surface area contributed by atoms with Gasteiger partial charge < -0.3 is 15.4 Å². The van der Waals surface area contributed by atoms with Gasteiger partial charge in [0.25, 0.3) is 0 Å². The predicted octanol–water partition coefficient (Wildman–Crippen LogP) is 1.70. The van der Waals surface area contributed by atoms with Crippen LogP contribution in [0.1, 0.15) is 25.0 Å². The minimum absolute atomic E-state index is 0.216. The zero-order valence-corrected chi connectivity index (χ0v) is 11.3. The van der Waals surface area contributed by atoms with Gasteiger partial charge in [0.1, 0.15) is 0 Å². The van der Waals surface area contributed by atoms with E-state index in [1.54, 1.807) is 0 Å². The first-order valence-electron chi connectivity index (χ1n) is 7.04. The minimum Gasteiger partial charge on any atom is -0.373 e. The van der Waals surface area contributed by atoms with Crippen molar-refractivity contribution < 1.29 is 4.74 Å². The Balaban J connectivity index is 1.58. The molecule has 1 fully saturated rings. The molecule has 0 aliphatic carbocycles. The van der Waals surface area contributed by atoms with Gasteiger partial charge in [-0.2, -0.15) is 0 Å². The molecular weight excluding hydrogens is 238 g/mol. The molecule has 1 aromatic carbocycles. The van der Waals surface area contributed by atoms with Gasteiger partial charge in [-0.15, -0.1) is 0 Å². The largest absolute Gasteiger partial charge is 0.373 e. The normalized spacial score (nSPS) is 29.9. The van der Waals surface area contributed by atoms with Crippen molar-refractivity contribution >= 4 is 5.96 Å². The Kier molecular flexibility index (Phi) is 3.69. The van der Waals surface area contributed by atoms with Gasteiger partial charge in [0.15, 0.2) is 5.96 Å². The van der Waals surface area contributed by atoms with Gasteiger partial charge in [-0.3, -0.25) is 4.99 Å². The number of nitrogens with one attached hydrogen (secondary N) is 2. The Morgan fingerprint density at radius 3 is 2.95 bits per heavy atom. The summed E-state index contributed by atoms with van der Waals surface area (Å²) < 4.78 is 5.89. The maximum Gasteiger partial charge on any atom is 0.191 e. The van der Waals surface area contributed by atoms with E-state index >= 15 is 0 Å². The van der Waals surface area contributed by atoms with Crippen LogP contribution >= 0.6 is 0 Å². The molecule has 1 unspecified atom stereocenters. The van der Waals surface area contributed by atoms with Gasteiger partial charge in [0.2, 0.25) is 0 Å². The number of hydrogen-bond acceptors (Lipinski definition) is 4. The molecule has 2 N–H and O–H groups in total. The van der Waals surface area contributed by atoms with Crippen molar-refractivity contribution in [3.63, 3.8) is 0 Å². The summed E-state index contributed by atoms with van der Waals surface area (Å²) in [5, 5.41) is 6.74.